The lowest BCUT2D eigenvalue weighted by Gasteiger charge is -2.08. The first-order chi connectivity index (χ1) is 12.2. The lowest BCUT2D eigenvalue weighted by molar-refractivity contribution is 0.103. The summed E-state index contributed by atoms with van der Waals surface area (Å²) in [5, 5.41) is 5.83. The predicted octanol–water partition coefficient (Wildman–Crippen LogP) is 3.27. The molecule has 0 fully saturated rings. The summed E-state index contributed by atoms with van der Waals surface area (Å²) in [7, 11) is 1.90. The summed E-state index contributed by atoms with van der Waals surface area (Å²) in [6.07, 6.45) is 5.40. The third-order valence-corrected chi connectivity index (χ3v) is 4.73. The number of carbonyl (C=O) groups excluding carboxylic acids is 1. The smallest absolute Gasteiger partial charge is 0.225 e. The quantitative estimate of drug-likeness (QED) is 0.560. The van der Waals surface area contributed by atoms with Gasteiger partial charge in [-0.2, -0.15) is 4.98 Å². The minimum atomic E-state index is -0.0852. The molecule has 124 valence electrons. The van der Waals surface area contributed by atoms with Crippen molar-refractivity contribution in [2.24, 2.45) is 7.05 Å². The first kappa shape index (κ1) is 15.5. The van der Waals surface area contributed by atoms with Gasteiger partial charge in [-0.15, -0.1) is 11.3 Å². The molecule has 4 aromatic rings. The maximum atomic E-state index is 12.8. The van der Waals surface area contributed by atoms with Crippen molar-refractivity contribution in [2.75, 3.05) is 5.32 Å². The number of carbonyl (C=O) groups is 1. The van der Waals surface area contributed by atoms with E-state index >= 15 is 0 Å². The number of fused-ring (bicyclic) bond motifs is 1. The van der Waals surface area contributed by atoms with Crippen LogP contribution in [0, 0.1) is 0 Å². The third-order valence-electron chi connectivity index (χ3n) is 3.86. The van der Waals surface area contributed by atoms with Crippen molar-refractivity contribution in [1.29, 1.82) is 0 Å². The molecule has 0 amide bonds. The lowest BCUT2D eigenvalue weighted by Crippen LogP contribution is -2.10. The molecule has 0 saturated heterocycles. The number of thiophene rings is 1. The molecule has 6 nitrogen and oxygen atoms in total. The molecule has 0 saturated carbocycles. The Kier molecular flexibility index (Phi) is 3.99. The number of rotatable bonds is 5. The average molecular weight is 349 g/mol. The molecule has 4 aromatic heterocycles. The maximum Gasteiger partial charge on any atom is 0.225 e. The molecule has 25 heavy (non-hydrogen) atoms. The fourth-order valence-electron chi connectivity index (χ4n) is 2.60. The second-order valence-corrected chi connectivity index (χ2v) is 6.53. The summed E-state index contributed by atoms with van der Waals surface area (Å²) in [4.78, 5) is 26.6. The van der Waals surface area contributed by atoms with Crippen LogP contribution in [-0.2, 0) is 13.6 Å². The van der Waals surface area contributed by atoms with E-state index in [9.17, 15) is 4.79 Å². The second kappa shape index (κ2) is 6.45. The molecule has 0 spiro atoms. The predicted molar refractivity (Wildman–Crippen MR) is 97.8 cm³/mol. The van der Waals surface area contributed by atoms with Crippen LogP contribution in [0.2, 0.25) is 0 Å². The van der Waals surface area contributed by atoms with E-state index in [0.29, 0.717) is 23.1 Å². The molecular formula is C18H15N5OS. The summed E-state index contributed by atoms with van der Waals surface area (Å²) in [6.45, 7) is 0.538. The van der Waals surface area contributed by atoms with Crippen molar-refractivity contribution >= 4 is 34.1 Å². The fraction of sp³-hybridized carbons (Fsp3) is 0.111. The van der Waals surface area contributed by atoms with Crippen LogP contribution in [0.25, 0.3) is 11.0 Å². The summed E-state index contributed by atoms with van der Waals surface area (Å²) < 4.78 is 1.89. The topological polar surface area (TPSA) is 72.7 Å². The van der Waals surface area contributed by atoms with Gasteiger partial charge in [0.05, 0.1) is 4.88 Å². The average Bonchev–Trinajstić information content (AvgIpc) is 3.30. The van der Waals surface area contributed by atoms with E-state index in [0.717, 1.165) is 16.6 Å². The van der Waals surface area contributed by atoms with Crippen molar-refractivity contribution < 1.29 is 4.79 Å². The van der Waals surface area contributed by atoms with E-state index < -0.39 is 0 Å². The van der Waals surface area contributed by atoms with Gasteiger partial charge in [-0.25, -0.2) is 4.98 Å². The molecule has 0 aliphatic heterocycles. The summed E-state index contributed by atoms with van der Waals surface area (Å²) in [6, 6.07) is 9.40. The first-order valence-corrected chi connectivity index (χ1v) is 8.64. The Morgan fingerprint density at radius 2 is 2.16 bits per heavy atom. The van der Waals surface area contributed by atoms with Gasteiger partial charge in [-0.05, 0) is 29.1 Å². The molecule has 1 N–H and O–H groups in total. The zero-order valence-corrected chi connectivity index (χ0v) is 14.3. The molecule has 4 rings (SSSR count). The van der Waals surface area contributed by atoms with Crippen molar-refractivity contribution in [3.8, 4) is 0 Å². The molecule has 0 aromatic carbocycles. The molecule has 0 atom stereocenters. The Morgan fingerprint density at radius 1 is 1.24 bits per heavy atom. The van der Waals surface area contributed by atoms with Crippen LogP contribution in [0.15, 0.2) is 54.3 Å². The highest BCUT2D eigenvalue weighted by Crippen LogP contribution is 2.23. The van der Waals surface area contributed by atoms with Gasteiger partial charge in [0.15, 0.2) is 0 Å². The number of aromatic nitrogens is 4. The van der Waals surface area contributed by atoms with Crippen LogP contribution >= 0.6 is 11.3 Å². The third kappa shape index (κ3) is 3.01. The number of nitrogens with zero attached hydrogens (tertiary/aromatic N) is 4. The Bertz CT molecular complexity index is 1020. The van der Waals surface area contributed by atoms with Gasteiger partial charge in [0.25, 0.3) is 0 Å². The Balaban J connectivity index is 1.73. The number of pyridine rings is 1. The molecule has 0 unspecified atom stereocenters. The molecular weight excluding hydrogens is 334 g/mol. The van der Waals surface area contributed by atoms with Gasteiger partial charge >= 0.3 is 0 Å². The number of ketones is 1. The molecule has 7 heteroatoms. The standard InChI is InChI=1S/C18H15N5OS/c1-23-8-6-13-15(16(24)14-5-3-9-25-14)21-18(22-17(13)23)20-11-12-4-2-7-19-10-12/h2-10H,11H2,1H3,(H,20,21,22). The van der Waals surface area contributed by atoms with Crippen molar-refractivity contribution in [3.05, 3.63) is 70.4 Å². The van der Waals surface area contributed by atoms with Gasteiger partial charge in [-0.3, -0.25) is 9.78 Å². The highest BCUT2D eigenvalue weighted by Gasteiger charge is 2.19. The Morgan fingerprint density at radius 3 is 2.92 bits per heavy atom. The van der Waals surface area contributed by atoms with Crippen molar-refractivity contribution in [2.45, 2.75) is 6.54 Å². The molecule has 0 bridgehead atoms. The molecule has 0 aliphatic rings. The highest BCUT2D eigenvalue weighted by molar-refractivity contribution is 7.12. The first-order valence-electron chi connectivity index (χ1n) is 7.76. The van der Waals surface area contributed by atoms with E-state index in [1.165, 1.54) is 11.3 Å². The molecule has 0 aliphatic carbocycles. The van der Waals surface area contributed by atoms with Gasteiger partial charge in [0.2, 0.25) is 11.7 Å². The number of nitrogens with one attached hydrogen (secondary N) is 1. The maximum absolute atomic E-state index is 12.8. The van der Waals surface area contributed by atoms with Crippen LogP contribution in [0.3, 0.4) is 0 Å². The molecule has 0 radical (unpaired) electrons. The van der Waals surface area contributed by atoms with Gasteiger partial charge in [0, 0.05) is 37.6 Å². The summed E-state index contributed by atoms with van der Waals surface area (Å²) in [5.41, 5.74) is 2.16. The number of hydrogen-bond acceptors (Lipinski definition) is 6. The van der Waals surface area contributed by atoms with E-state index in [1.54, 1.807) is 12.4 Å². The van der Waals surface area contributed by atoms with E-state index in [-0.39, 0.29) is 5.78 Å². The van der Waals surface area contributed by atoms with Crippen LogP contribution in [0.4, 0.5) is 5.95 Å². The largest absolute Gasteiger partial charge is 0.350 e. The van der Waals surface area contributed by atoms with E-state index in [4.69, 9.17) is 0 Å². The Labute approximate surface area is 148 Å². The van der Waals surface area contributed by atoms with Crippen LogP contribution in [0.5, 0.6) is 0 Å². The van der Waals surface area contributed by atoms with Crippen molar-refractivity contribution in [3.63, 3.8) is 0 Å². The normalized spacial score (nSPS) is 10.9. The minimum absolute atomic E-state index is 0.0852. The SMILES string of the molecule is Cn1ccc2c(C(=O)c3cccs3)nc(NCc3cccnc3)nc21. The number of aryl methyl sites for hydroxylation is 1. The summed E-state index contributed by atoms with van der Waals surface area (Å²) in [5.74, 6) is 0.344. The highest BCUT2D eigenvalue weighted by atomic mass is 32.1. The van der Waals surface area contributed by atoms with Crippen molar-refractivity contribution in [1.82, 2.24) is 19.5 Å². The van der Waals surface area contributed by atoms with Gasteiger partial charge in [0.1, 0.15) is 11.3 Å². The van der Waals surface area contributed by atoms with Crippen LogP contribution in [0.1, 0.15) is 20.9 Å². The minimum Gasteiger partial charge on any atom is -0.350 e. The zero-order valence-electron chi connectivity index (χ0n) is 13.5. The fourth-order valence-corrected chi connectivity index (χ4v) is 3.26. The lowest BCUT2D eigenvalue weighted by atomic mass is 10.2. The van der Waals surface area contributed by atoms with Crippen LogP contribution in [-0.4, -0.2) is 25.3 Å². The number of anilines is 1. The number of hydrogen-bond donors (Lipinski definition) is 1. The van der Waals surface area contributed by atoms with E-state index in [2.05, 4.69) is 20.3 Å². The zero-order chi connectivity index (χ0) is 17.2. The van der Waals surface area contributed by atoms with E-state index in [1.807, 2.05) is 53.5 Å². The monoisotopic (exact) mass is 349 g/mol. The van der Waals surface area contributed by atoms with Crippen LogP contribution < -0.4 is 5.32 Å². The summed E-state index contributed by atoms with van der Waals surface area (Å²) >= 11 is 1.41. The Hall–Kier alpha value is -3.06. The van der Waals surface area contributed by atoms with Gasteiger partial charge in [-0.1, -0.05) is 12.1 Å². The van der Waals surface area contributed by atoms with Gasteiger partial charge < -0.3 is 9.88 Å². The second-order valence-electron chi connectivity index (χ2n) is 5.58. The molecule has 4 heterocycles.